The summed E-state index contributed by atoms with van der Waals surface area (Å²) in [5.74, 6) is 0.635. The van der Waals surface area contributed by atoms with Gasteiger partial charge in [0.1, 0.15) is 6.61 Å². The number of imide groups is 1. The lowest BCUT2D eigenvalue weighted by Crippen LogP contribution is -2.28. The fourth-order valence-electron chi connectivity index (χ4n) is 4.75. The Morgan fingerprint density at radius 3 is 2.35 bits per heavy atom. The van der Waals surface area contributed by atoms with Crippen LogP contribution in [0.3, 0.4) is 0 Å². The number of halogens is 1. The summed E-state index contributed by atoms with van der Waals surface area (Å²) in [5, 5.41) is 5.27. The minimum atomic E-state index is -0.247. The van der Waals surface area contributed by atoms with Crippen LogP contribution in [0.1, 0.15) is 17.5 Å². The Morgan fingerprint density at radius 1 is 1.03 bits per heavy atom. The second-order valence-corrected chi connectivity index (χ2v) is 8.97. The predicted molar refractivity (Wildman–Crippen MR) is 119 cm³/mol. The number of carbonyl (C=O) groups is 2. The molecule has 1 saturated carbocycles. The van der Waals surface area contributed by atoms with Crippen molar-refractivity contribution >= 4 is 34.0 Å². The van der Waals surface area contributed by atoms with Crippen LogP contribution in [0.2, 0.25) is 0 Å². The van der Waals surface area contributed by atoms with Gasteiger partial charge in [0.05, 0.1) is 25.2 Å². The Hall–Kier alpha value is -2.93. The van der Waals surface area contributed by atoms with E-state index in [0.29, 0.717) is 23.7 Å². The van der Waals surface area contributed by atoms with E-state index in [-0.39, 0.29) is 35.5 Å². The molecule has 3 aliphatic rings. The maximum absolute atomic E-state index is 12.7. The van der Waals surface area contributed by atoms with Gasteiger partial charge >= 0.3 is 0 Å². The number of fused-ring (bicyclic) bond motifs is 5. The molecule has 7 heteroatoms. The van der Waals surface area contributed by atoms with Crippen molar-refractivity contribution in [2.24, 2.45) is 28.8 Å². The SMILES string of the molecule is COc1cc(/C=N\N2C(=O)[C@H]3[C@H](C2=O)[C@H]2C=C[C@H]3C2)ccc1OCc1ccc(Br)cc1. The number of nitrogens with zero attached hydrogens (tertiary/aromatic N) is 2. The van der Waals surface area contributed by atoms with Gasteiger partial charge in [-0.3, -0.25) is 9.59 Å². The smallest absolute Gasteiger partial charge is 0.254 e. The molecule has 6 nitrogen and oxygen atoms in total. The number of rotatable bonds is 6. The number of hydrogen-bond acceptors (Lipinski definition) is 5. The molecule has 0 unspecified atom stereocenters. The first kappa shape index (κ1) is 20.0. The number of allylic oxidation sites excluding steroid dienone is 2. The number of amides is 2. The van der Waals surface area contributed by atoms with Gasteiger partial charge in [-0.1, -0.05) is 40.2 Å². The van der Waals surface area contributed by atoms with Crippen molar-refractivity contribution in [2.75, 3.05) is 7.11 Å². The Balaban J connectivity index is 1.29. The highest BCUT2D eigenvalue weighted by atomic mass is 79.9. The zero-order valence-electron chi connectivity index (χ0n) is 16.9. The number of methoxy groups -OCH3 is 1. The van der Waals surface area contributed by atoms with E-state index in [2.05, 4.69) is 33.2 Å². The lowest BCUT2D eigenvalue weighted by atomic mass is 9.85. The third-order valence-corrected chi connectivity index (χ3v) is 6.79. The van der Waals surface area contributed by atoms with Crippen LogP contribution in [0.4, 0.5) is 0 Å². The van der Waals surface area contributed by atoms with Crippen LogP contribution in [-0.2, 0) is 16.2 Å². The summed E-state index contributed by atoms with van der Waals surface area (Å²) < 4.78 is 12.4. The molecule has 158 valence electrons. The summed E-state index contributed by atoms with van der Waals surface area (Å²) in [7, 11) is 1.57. The van der Waals surface area contributed by atoms with Crippen LogP contribution in [0.5, 0.6) is 11.5 Å². The van der Waals surface area contributed by atoms with Crippen LogP contribution in [0.15, 0.2) is 64.2 Å². The molecule has 5 rings (SSSR count). The van der Waals surface area contributed by atoms with E-state index in [0.717, 1.165) is 21.5 Å². The lowest BCUT2D eigenvalue weighted by Gasteiger charge is -2.13. The second-order valence-electron chi connectivity index (χ2n) is 8.06. The fourth-order valence-corrected chi connectivity index (χ4v) is 5.01. The van der Waals surface area contributed by atoms with Gasteiger partial charge in [-0.25, -0.2) is 0 Å². The third kappa shape index (κ3) is 3.57. The highest BCUT2D eigenvalue weighted by Gasteiger charge is 2.59. The van der Waals surface area contributed by atoms with Crippen LogP contribution in [-0.4, -0.2) is 30.1 Å². The number of carbonyl (C=O) groups excluding carboxylic acids is 2. The average molecular weight is 481 g/mol. The fraction of sp³-hybridized carbons (Fsp3) is 0.292. The number of hydrazone groups is 1. The Bertz CT molecular complexity index is 1070. The van der Waals surface area contributed by atoms with Gasteiger partial charge in [0, 0.05) is 4.47 Å². The summed E-state index contributed by atoms with van der Waals surface area (Å²) in [6.45, 7) is 0.410. The summed E-state index contributed by atoms with van der Waals surface area (Å²) in [6.07, 6.45) is 6.57. The summed E-state index contributed by atoms with van der Waals surface area (Å²) in [4.78, 5) is 25.5. The molecule has 0 spiro atoms. The molecule has 0 radical (unpaired) electrons. The Labute approximate surface area is 188 Å². The van der Waals surface area contributed by atoms with Crippen molar-refractivity contribution in [3.8, 4) is 11.5 Å². The summed E-state index contributed by atoms with van der Waals surface area (Å²) >= 11 is 3.42. The third-order valence-electron chi connectivity index (χ3n) is 6.26. The topological polar surface area (TPSA) is 68.2 Å². The van der Waals surface area contributed by atoms with Crippen LogP contribution in [0.25, 0.3) is 0 Å². The van der Waals surface area contributed by atoms with Gasteiger partial charge in [-0.15, -0.1) is 0 Å². The van der Waals surface area contributed by atoms with Crippen molar-refractivity contribution in [3.63, 3.8) is 0 Å². The minimum Gasteiger partial charge on any atom is -0.493 e. The summed E-state index contributed by atoms with van der Waals surface area (Å²) in [6, 6.07) is 13.3. The van der Waals surface area contributed by atoms with E-state index in [1.54, 1.807) is 19.2 Å². The van der Waals surface area contributed by atoms with Gasteiger partial charge in [0.2, 0.25) is 0 Å². The monoisotopic (exact) mass is 480 g/mol. The van der Waals surface area contributed by atoms with Gasteiger partial charge in [0.15, 0.2) is 11.5 Å². The molecule has 2 bridgehead atoms. The van der Waals surface area contributed by atoms with Crippen molar-refractivity contribution in [3.05, 3.63) is 70.2 Å². The minimum absolute atomic E-state index is 0.175. The van der Waals surface area contributed by atoms with Crippen LogP contribution >= 0.6 is 15.9 Å². The molecule has 2 aromatic rings. The van der Waals surface area contributed by atoms with Crippen molar-refractivity contribution in [1.82, 2.24) is 5.01 Å². The predicted octanol–water partition coefficient (Wildman–Crippen LogP) is 4.18. The van der Waals surface area contributed by atoms with E-state index < -0.39 is 0 Å². The van der Waals surface area contributed by atoms with Gasteiger partial charge in [0.25, 0.3) is 11.8 Å². The van der Waals surface area contributed by atoms with Crippen LogP contribution < -0.4 is 9.47 Å². The summed E-state index contributed by atoms with van der Waals surface area (Å²) in [5.41, 5.74) is 1.75. The van der Waals surface area contributed by atoms with E-state index in [1.807, 2.05) is 30.3 Å². The molecule has 1 saturated heterocycles. The Morgan fingerprint density at radius 2 is 1.71 bits per heavy atom. The number of ether oxygens (including phenoxy) is 2. The van der Waals surface area contributed by atoms with E-state index in [1.165, 1.54) is 6.21 Å². The molecule has 0 N–H and O–H groups in total. The molecular weight excluding hydrogens is 460 g/mol. The molecule has 2 fully saturated rings. The standard InChI is InChI=1S/C24H21BrN2O4/c1-30-20-10-15(4-9-19(20)31-13-14-2-7-18(25)8-3-14)12-26-27-23(28)21-16-5-6-17(11-16)22(21)24(27)29/h2-10,12,16-17,21-22H,11,13H2,1H3/b26-12-/t16-,17-,21+,22+/m0/s1. The number of benzene rings is 2. The molecule has 4 atom stereocenters. The molecule has 1 aliphatic heterocycles. The normalized spacial score (nSPS) is 26.2. The van der Waals surface area contributed by atoms with Crippen molar-refractivity contribution in [2.45, 2.75) is 13.0 Å². The van der Waals surface area contributed by atoms with Crippen molar-refractivity contribution < 1.29 is 19.1 Å². The number of hydrogen-bond donors (Lipinski definition) is 0. The average Bonchev–Trinajstić information content (AvgIpc) is 3.46. The van der Waals surface area contributed by atoms with E-state index in [4.69, 9.17) is 9.47 Å². The molecule has 31 heavy (non-hydrogen) atoms. The zero-order valence-corrected chi connectivity index (χ0v) is 18.5. The molecular formula is C24H21BrN2O4. The maximum atomic E-state index is 12.7. The van der Waals surface area contributed by atoms with E-state index in [9.17, 15) is 9.59 Å². The first-order valence-corrected chi connectivity index (χ1v) is 11.0. The molecule has 1 heterocycles. The molecule has 2 amide bonds. The highest BCUT2D eigenvalue weighted by Crippen LogP contribution is 2.52. The lowest BCUT2D eigenvalue weighted by molar-refractivity contribution is -0.140. The second kappa shape index (κ2) is 7.96. The molecule has 0 aromatic heterocycles. The first-order valence-electron chi connectivity index (χ1n) is 10.2. The molecule has 2 aromatic carbocycles. The highest BCUT2D eigenvalue weighted by molar-refractivity contribution is 9.10. The zero-order chi connectivity index (χ0) is 21.5. The largest absolute Gasteiger partial charge is 0.493 e. The Kier molecular flexibility index (Phi) is 5.14. The van der Waals surface area contributed by atoms with E-state index >= 15 is 0 Å². The van der Waals surface area contributed by atoms with Gasteiger partial charge in [-0.05, 0) is 59.7 Å². The maximum Gasteiger partial charge on any atom is 0.254 e. The molecule has 2 aliphatic carbocycles. The van der Waals surface area contributed by atoms with Gasteiger partial charge in [-0.2, -0.15) is 10.1 Å². The van der Waals surface area contributed by atoms with Crippen molar-refractivity contribution in [1.29, 1.82) is 0 Å². The quantitative estimate of drug-likeness (QED) is 0.353. The first-order chi connectivity index (χ1) is 15.0. The van der Waals surface area contributed by atoms with Gasteiger partial charge < -0.3 is 9.47 Å². The van der Waals surface area contributed by atoms with Crippen LogP contribution in [0, 0.1) is 23.7 Å².